The van der Waals surface area contributed by atoms with E-state index in [1.54, 1.807) is 6.20 Å². The molecule has 0 radical (unpaired) electrons. The summed E-state index contributed by atoms with van der Waals surface area (Å²) in [5, 5.41) is 9.73. The number of hydrogen-bond acceptors (Lipinski definition) is 3. The van der Waals surface area contributed by atoms with E-state index in [4.69, 9.17) is 0 Å². The summed E-state index contributed by atoms with van der Waals surface area (Å²) in [6.07, 6.45) is 4.10. The maximum atomic E-state index is 12.8. The van der Waals surface area contributed by atoms with Crippen molar-refractivity contribution in [1.29, 1.82) is 0 Å². The number of rotatable bonds is 3. The summed E-state index contributed by atoms with van der Waals surface area (Å²) in [5.74, 6) is 0.484. The molecular formula is C20H23Cl2N3O. The highest BCUT2D eigenvalue weighted by molar-refractivity contribution is 6.15. The normalized spacial score (nSPS) is 16.5. The van der Waals surface area contributed by atoms with Crippen molar-refractivity contribution in [3.8, 4) is 0 Å². The Balaban J connectivity index is 0.00000121. The van der Waals surface area contributed by atoms with Crippen molar-refractivity contribution >= 4 is 52.4 Å². The molecule has 0 bridgehead atoms. The second-order valence-electron chi connectivity index (χ2n) is 6.47. The van der Waals surface area contributed by atoms with Crippen molar-refractivity contribution in [3.63, 3.8) is 0 Å². The van der Waals surface area contributed by atoms with Crippen LogP contribution in [0.5, 0.6) is 0 Å². The van der Waals surface area contributed by atoms with Crippen LogP contribution in [0.4, 0.5) is 0 Å². The van der Waals surface area contributed by atoms with Gasteiger partial charge < -0.3 is 10.6 Å². The number of halogens is 2. The highest BCUT2D eigenvalue weighted by Gasteiger charge is 2.17. The van der Waals surface area contributed by atoms with Crippen LogP contribution in [-0.4, -0.2) is 30.5 Å². The van der Waals surface area contributed by atoms with Crippen LogP contribution in [0.2, 0.25) is 0 Å². The highest BCUT2D eigenvalue weighted by Crippen LogP contribution is 2.27. The van der Waals surface area contributed by atoms with Crippen LogP contribution in [0, 0.1) is 5.92 Å². The summed E-state index contributed by atoms with van der Waals surface area (Å²) >= 11 is 0. The Morgan fingerprint density at radius 2 is 1.96 bits per heavy atom. The van der Waals surface area contributed by atoms with Crippen molar-refractivity contribution in [2.24, 2.45) is 5.92 Å². The largest absolute Gasteiger partial charge is 0.352 e. The minimum atomic E-state index is -0.0324. The van der Waals surface area contributed by atoms with Crippen LogP contribution in [0.25, 0.3) is 21.7 Å². The minimum absolute atomic E-state index is 0. The Bertz CT molecular complexity index is 894. The summed E-state index contributed by atoms with van der Waals surface area (Å²) in [6, 6.07) is 14.1. The van der Waals surface area contributed by atoms with Crippen LogP contribution in [-0.2, 0) is 0 Å². The molecule has 1 unspecified atom stereocenters. The Labute approximate surface area is 165 Å². The topological polar surface area (TPSA) is 54.0 Å². The van der Waals surface area contributed by atoms with E-state index in [-0.39, 0.29) is 30.7 Å². The van der Waals surface area contributed by atoms with Crippen LogP contribution in [0.3, 0.4) is 0 Å². The fourth-order valence-corrected chi connectivity index (χ4v) is 3.53. The van der Waals surface area contributed by atoms with Gasteiger partial charge in [-0.25, -0.2) is 0 Å². The molecule has 4 rings (SSSR count). The third-order valence-corrected chi connectivity index (χ3v) is 4.81. The summed E-state index contributed by atoms with van der Waals surface area (Å²) in [4.78, 5) is 17.2. The fraction of sp³-hybridized carbons (Fsp3) is 0.300. The summed E-state index contributed by atoms with van der Waals surface area (Å²) < 4.78 is 0. The second-order valence-corrected chi connectivity index (χ2v) is 6.47. The number of carbonyl (C=O) groups excluding carboxylic acids is 1. The number of nitrogens with one attached hydrogen (secondary N) is 2. The molecule has 3 aromatic rings. The van der Waals surface area contributed by atoms with Crippen molar-refractivity contribution in [3.05, 3.63) is 54.2 Å². The molecule has 0 saturated carbocycles. The molecule has 2 heterocycles. The van der Waals surface area contributed by atoms with E-state index in [1.165, 1.54) is 12.8 Å². The zero-order valence-corrected chi connectivity index (χ0v) is 16.0. The van der Waals surface area contributed by atoms with Gasteiger partial charge in [-0.2, -0.15) is 0 Å². The minimum Gasteiger partial charge on any atom is -0.352 e. The van der Waals surface area contributed by atoms with Gasteiger partial charge in [-0.3, -0.25) is 9.78 Å². The molecule has 26 heavy (non-hydrogen) atoms. The van der Waals surface area contributed by atoms with Gasteiger partial charge in [-0.1, -0.05) is 30.3 Å². The fourth-order valence-electron chi connectivity index (χ4n) is 3.53. The maximum absolute atomic E-state index is 12.8. The van der Waals surface area contributed by atoms with E-state index in [1.807, 2.05) is 36.4 Å². The molecular weight excluding hydrogens is 369 g/mol. The van der Waals surface area contributed by atoms with E-state index >= 15 is 0 Å². The molecule has 4 nitrogen and oxygen atoms in total. The van der Waals surface area contributed by atoms with E-state index < -0.39 is 0 Å². The van der Waals surface area contributed by atoms with Gasteiger partial charge in [-0.15, -0.1) is 24.8 Å². The number of benzene rings is 2. The van der Waals surface area contributed by atoms with E-state index in [0.29, 0.717) is 18.0 Å². The molecule has 2 aromatic carbocycles. The molecule has 0 aliphatic carbocycles. The zero-order valence-electron chi connectivity index (χ0n) is 14.4. The first-order valence-corrected chi connectivity index (χ1v) is 8.58. The third-order valence-electron chi connectivity index (χ3n) is 4.81. The monoisotopic (exact) mass is 391 g/mol. The maximum Gasteiger partial charge on any atom is 0.253 e. The molecule has 2 N–H and O–H groups in total. The predicted octanol–water partition coefficient (Wildman–Crippen LogP) is 3.96. The molecule has 1 fully saturated rings. The van der Waals surface area contributed by atoms with Crippen LogP contribution < -0.4 is 10.6 Å². The van der Waals surface area contributed by atoms with Crippen molar-refractivity contribution in [2.75, 3.05) is 19.6 Å². The number of pyridine rings is 1. The standard InChI is InChI=1S/C20H21N3O.2ClH/c24-20(23-13-14-5-3-9-21-12-14)18-11-15-6-1-2-7-16(15)17-8-4-10-22-19(17)18;;/h1-2,4,6-8,10-11,14,21H,3,5,9,12-13H2,(H,23,24);2*1H. The summed E-state index contributed by atoms with van der Waals surface area (Å²) in [6.45, 7) is 2.79. The first kappa shape index (κ1) is 20.4. The molecule has 1 amide bonds. The van der Waals surface area contributed by atoms with Gasteiger partial charge in [0.25, 0.3) is 5.91 Å². The quantitative estimate of drug-likeness (QED) is 0.664. The van der Waals surface area contributed by atoms with Crippen molar-refractivity contribution in [1.82, 2.24) is 15.6 Å². The average Bonchev–Trinajstić information content (AvgIpc) is 2.66. The first-order valence-electron chi connectivity index (χ1n) is 8.58. The first-order chi connectivity index (χ1) is 11.8. The summed E-state index contributed by atoms with van der Waals surface area (Å²) in [5.41, 5.74) is 1.43. The molecule has 1 aliphatic rings. The number of piperidine rings is 1. The second kappa shape index (κ2) is 9.17. The number of fused-ring (bicyclic) bond motifs is 3. The van der Waals surface area contributed by atoms with Crippen LogP contribution in [0.15, 0.2) is 48.7 Å². The Morgan fingerprint density at radius 3 is 2.77 bits per heavy atom. The van der Waals surface area contributed by atoms with Gasteiger partial charge >= 0.3 is 0 Å². The predicted molar refractivity (Wildman–Crippen MR) is 112 cm³/mol. The molecule has 1 aliphatic heterocycles. The Morgan fingerprint density at radius 1 is 1.15 bits per heavy atom. The Hall–Kier alpha value is -1.88. The van der Waals surface area contributed by atoms with Crippen molar-refractivity contribution in [2.45, 2.75) is 12.8 Å². The lowest BCUT2D eigenvalue weighted by Crippen LogP contribution is -2.38. The third kappa shape index (κ3) is 4.09. The smallest absolute Gasteiger partial charge is 0.253 e. The SMILES string of the molecule is Cl.Cl.O=C(NCC1CCCNC1)c1cc2ccccc2c2cccnc12. The van der Waals surface area contributed by atoms with Crippen LogP contribution in [0.1, 0.15) is 23.2 Å². The number of aromatic nitrogens is 1. The van der Waals surface area contributed by atoms with Gasteiger partial charge in [0.15, 0.2) is 0 Å². The number of amides is 1. The van der Waals surface area contributed by atoms with E-state index in [0.717, 1.165) is 34.8 Å². The lowest BCUT2D eigenvalue weighted by Gasteiger charge is -2.23. The average molecular weight is 392 g/mol. The van der Waals surface area contributed by atoms with Gasteiger partial charge in [-0.05, 0) is 54.8 Å². The molecule has 1 atom stereocenters. The molecule has 1 saturated heterocycles. The highest BCUT2D eigenvalue weighted by atomic mass is 35.5. The molecule has 6 heteroatoms. The van der Waals surface area contributed by atoms with Gasteiger partial charge in [0.1, 0.15) is 0 Å². The Kier molecular flexibility index (Phi) is 7.21. The lowest BCUT2D eigenvalue weighted by molar-refractivity contribution is 0.0946. The van der Waals surface area contributed by atoms with Gasteiger partial charge in [0.05, 0.1) is 11.1 Å². The zero-order chi connectivity index (χ0) is 16.4. The summed E-state index contributed by atoms with van der Waals surface area (Å²) in [7, 11) is 0. The lowest BCUT2D eigenvalue weighted by atomic mass is 9.98. The molecule has 138 valence electrons. The molecule has 1 aromatic heterocycles. The van der Waals surface area contributed by atoms with Crippen LogP contribution >= 0.6 is 24.8 Å². The van der Waals surface area contributed by atoms with E-state index in [2.05, 4.69) is 21.7 Å². The van der Waals surface area contributed by atoms with Gasteiger partial charge in [0.2, 0.25) is 0 Å². The number of nitrogens with zero attached hydrogens (tertiary/aromatic N) is 1. The number of hydrogen-bond donors (Lipinski definition) is 2. The van der Waals surface area contributed by atoms with Gasteiger partial charge in [0, 0.05) is 18.1 Å². The number of carbonyl (C=O) groups is 1. The van der Waals surface area contributed by atoms with E-state index in [9.17, 15) is 4.79 Å². The molecule has 0 spiro atoms. The van der Waals surface area contributed by atoms with Crippen molar-refractivity contribution < 1.29 is 4.79 Å².